The molecule has 0 aliphatic heterocycles. The van der Waals surface area contributed by atoms with Crippen molar-refractivity contribution in [1.82, 2.24) is 10.2 Å². The van der Waals surface area contributed by atoms with E-state index >= 15 is 0 Å². The van der Waals surface area contributed by atoms with Crippen LogP contribution in [0.15, 0.2) is 24.3 Å². The lowest BCUT2D eigenvalue weighted by atomic mass is 9.93. The fourth-order valence-corrected chi connectivity index (χ4v) is 3.29. The van der Waals surface area contributed by atoms with E-state index in [0.717, 1.165) is 18.4 Å². The van der Waals surface area contributed by atoms with E-state index in [-0.39, 0.29) is 17.9 Å². The number of nitrogens with zero attached hydrogens (tertiary/aromatic N) is 1. The maximum atomic E-state index is 12.6. The summed E-state index contributed by atoms with van der Waals surface area (Å²) in [7, 11) is 1.90. The lowest BCUT2D eigenvalue weighted by Crippen LogP contribution is -2.40. The second kappa shape index (κ2) is 8.14. The molecule has 23 heavy (non-hydrogen) atoms. The van der Waals surface area contributed by atoms with E-state index in [0.29, 0.717) is 12.5 Å². The second-order valence-corrected chi connectivity index (χ2v) is 6.66. The number of hydrogen-bond acceptors (Lipinski definition) is 2. The van der Waals surface area contributed by atoms with Crippen LogP contribution in [-0.2, 0) is 9.59 Å². The minimum Gasteiger partial charge on any atom is -0.349 e. The van der Waals surface area contributed by atoms with Gasteiger partial charge in [-0.2, -0.15) is 0 Å². The minimum absolute atomic E-state index is 0.108. The lowest BCUT2D eigenvalue weighted by Gasteiger charge is -2.32. The van der Waals surface area contributed by atoms with Gasteiger partial charge in [0.15, 0.2) is 0 Å². The maximum absolute atomic E-state index is 12.6. The van der Waals surface area contributed by atoms with Crippen molar-refractivity contribution in [2.75, 3.05) is 7.05 Å². The maximum Gasteiger partial charge on any atom is 0.224 e. The largest absolute Gasteiger partial charge is 0.349 e. The van der Waals surface area contributed by atoms with Crippen LogP contribution >= 0.6 is 0 Å². The van der Waals surface area contributed by atoms with E-state index in [4.69, 9.17) is 0 Å². The number of carbonyl (C=O) groups is 2. The van der Waals surface area contributed by atoms with Gasteiger partial charge >= 0.3 is 0 Å². The zero-order chi connectivity index (χ0) is 16.8. The van der Waals surface area contributed by atoms with Crippen molar-refractivity contribution in [3.8, 4) is 0 Å². The van der Waals surface area contributed by atoms with Gasteiger partial charge < -0.3 is 10.2 Å². The Hall–Kier alpha value is -1.84. The molecule has 1 atom stereocenters. The summed E-state index contributed by atoms with van der Waals surface area (Å²) < 4.78 is 0. The average molecular weight is 316 g/mol. The van der Waals surface area contributed by atoms with Gasteiger partial charge in [-0.3, -0.25) is 9.59 Å². The van der Waals surface area contributed by atoms with E-state index in [9.17, 15) is 9.59 Å². The molecule has 1 aliphatic rings. The SMILES string of the molecule is CC(=O)NC(CC(=O)N(C)C1CCCCC1)c1ccc(C)cc1. The zero-order valence-electron chi connectivity index (χ0n) is 14.5. The first-order valence-electron chi connectivity index (χ1n) is 8.56. The highest BCUT2D eigenvalue weighted by Gasteiger charge is 2.25. The number of aryl methyl sites for hydroxylation is 1. The van der Waals surface area contributed by atoms with Gasteiger partial charge in [0.1, 0.15) is 0 Å². The molecule has 0 bridgehead atoms. The summed E-state index contributed by atoms with van der Waals surface area (Å²) in [4.78, 5) is 26.1. The highest BCUT2D eigenvalue weighted by molar-refractivity contribution is 5.79. The molecule has 4 nitrogen and oxygen atoms in total. The Morgan fingerprint density at radius 3 is 2.35 bits per heavy atom. The fraction of sp³-hybridized carbons (Fsp3) is 0.579. The summed E-state index contributed by atoms with van der Waals surface area (Å²) in [6.45, 7) is 3.52. The van der Waals surface area contributed by atoms with Gasteiger partial charge in [0, 0.05) is 20.0 Å². The molecule has 1 fully saturated rings. The topological polar surface area (TPSA) is 49.4 Å². The molecule has 2 amide bonds. The minimum atomic E-state index is -0.258. The van der Waals surface area contributed by atoms with Crippen LogP contribution in [0.25, 0.3) is 0 Å². The van der Waals surface area contributed by atoms with Gasteiger partial charge in [-0.1, -0.05) is 49.1 Å². The summed E-state index contributed by atoms with van der Waals surface area (Å²) in [6.07, 6.45) is 6.19. The normalized spacial score (nSPS) is 16.7. The van der Waals surface area contributed by atoms with E-state index in [2.05, 4.69) is 5.32 Å². The number of hydrogen-bond donors (Lipinski definition) is 1. The first-order valence-corrected chi connectivity index (χ1v) is 8.56. The van der Waals surface area contributed by atoms with Gasteiger partial charge in [-0.05, 0) is 25.3 Å². The van der Waals surface area contributed by atoms with E-state index in [1.807, 2.05) is 43.1 Å². The predicted molar refractivity (Wildman–Crippen MR) is 92.0 cm³/mol. The molecule has 1 N–H and O–H groups in total. The van der Waals surface area contributed by atoms with Crippen molar-refractivity contribution in [2.24, 2.45) is 0 Å². The quantitative estimate of drug-likeness (QED) is 0.905. The predicted octanol–water partition coefficient (Wildman–Crippen LogP) is 3.35. The van der Waals surface area contributed by atoms with Crippen molar-refractivity contribution in [3.05, 3.63) is 35.4 Å². The summed E-state index contributed by atoms with van der Waals surface area (Å²) in [5.41, 5.74) is 2.15. The third-order valence-corrected chi connectivity index (χ3v) is 4.75. The Labute approximate surface area is 139 Å². The Bertz CT molecular complexity index is 533. The van der Waals surface area contributed by atoms with Crippen LogP contribution in [0.1, 0.15) is 62.6 Å². The van der Waals surface area contributed by atoms with Crippen LogP contribution in [0.2, 0.25) is 0 Å². The molecule has 1 aliphatic carbocycles. The summed E-state index contributed by atoms with van der Waals surface area (Å²) >= 11 is 0. The van der Waals surface area contributed by atoms with Crippen LogP contribution in [0.5, 0.6) is 0 Å². The highest BCUT2D eigenvalue weighted by Crippen LogP contribution is 2.24. The summed E-state index contributed by atoms with van der Waals surface area (Å²) in [5, 5.41) is 2.92. The van der Waals surface area contributed by atoms with E-state index < -0.39 is 0 Å². The first-order chi connectivity index (χ1) is 11.0. The van der Waals surface area contributed by atoms with Crippen molar-refractivity contribution in [2.45, 2.75) is 64.5 Å². The molecular formula is C19H28N2O2. The first kappa shape index (κ1) is 17.5. The fourth-order valence-electron chi connectivity index (χ4n) is 3.29. The Kier molecular flexibility index (Phi) is 6.20. The molecule has 0 spiro atoms. The van der Waals surface area contributed by atoms with Crippen LogP contribution in [0, 0.1) is 6.92 Å². The third-order valence-electron chi connectivity index (χ3n) is 4.75. The Morgan fingerprint density at radius 1 is 1.17 bits per heavy atom. The Morgan fingerprint density at radius 2 is 1.78 bits per heavy atom. The van der Waals surface area contributed by atoms with Crippen molar-refractivity contribution in [1.29, 1.82) is 0 Å². The standard InChI is InChI=1S/C19H28N2O2/c1-14-9-11-16(12-10-14)18(20-15(2)22)13-19(23)21(3)17-7-5-4-6-8-17/h9-12,17-18H,4-8,13H2,1-3H3,(H,20,22). The lowest BCUT2D eigenvalue weighted by molar-refractivity contribution is -0.133. The number of rotatable bonds is 5. The highest BCUT2D eigenvalue weighted by atomic mass is 16.2. The number of nitrogens with one attached hydrogen (secondary N) is 1. The molecular weight excluding hydrogens is 288 g/mol. The monoisotopic (exact) mass is 316 g/mol. The van der Waals surface area contributed by atoms with Crippen LogP contribution in [0.3, 0.4) is 0 Å². The molecule has 0 aromatic heterocycles. The molecule has 1 aromatic rings. The van der Waals surface area contributed by atoms with Crippen LogP contribution in [-0.4, -0.2) is 29.8 Å². The van der Waals surface area contributed by atoms with E-state index in [1.54, 1.807) is 0 Å². The number of carbonyl (C=O) groups excluding carboxylic acids is 2. The molecule has 0 radical (unpaired) electrons. The zero-order valence-corrected chi connectivity index (χ0v) is 14.5. The third kappa shape index (κ3) is 5.08. The molecule has 1 saturated carbocycles. The van der Waals surface area contributed by atoms with Crippen LogP contribution < -0.4 is 5.32 Å². The molecule has 0 heterocycles. The van der Waals surface area contributed by atoms with Crippen molar-refractivity contribution >= 4 is 11.8 Å². The average Bonchev–Trinajstić information content (AvgIpc) is 2.54. The summed E-state index contributed by atoms with van der Waals surface area (Å²) in [5.74, 6) is -0.0000746. The molecule has 1 unspecified atom stereocenters. The second-order valence-electron chi connectivity index (χ2n) is 6.66. The van der Waals surface area contributed by atoms with Gasteiger partial charge in [-0.25, -0.2) is 0 Å². The Balaban J connectivity index is 2.05. The smallest absolute Gasteiger partial charge is 0.224 e. The van der Waals surface area contributed by atoms with E-state index in [1.165, 1.54) is 31.7 Å². The molecule has 4 heteroatoms. The molecule has 126 valence electrons. The molecule has 0 saturated heterocycles. The number of amides is 2. The van der Waals surface area contributed by atoms with Crippen LogP contribution in [0.4, 0.5) is 0 Å². The molecule has 1 aromatic carbocycles. The van der Waals surface area contributed by atoms with Crippen molar-refractivity contribution < 1.29 is 9.59 Å². The van der Waals surface area contributed by atoms with Gasteiger partial charge in [0.2, 0.25) is 11.8 Å². The van der Waals surface area contributed by atoms with Gasteiger partial charge in [-0.15, -0.1) is 0 Å². The van der Waals surface area contributed by atoms with Gasteiger partial charge in [0.25, 0.3) is 0 Å². The molecule has 2 rings (SSSR count). The summed E-state index contributed by atoms with van der Waals surface area (Å²) in [6, 6.07) is 8.10. The number of benzene rings is 1. The van der Waals surface area contributed by atoms with Crippen molar-refractivity contribution in [3.63, 3.8) is 0 Å². The van der Waals surface area contributed by atoms with Gasteiger partial charge in [0.05, 0.1) is 12.5 Å².